The van der Waals surface area contributed by atoms with E-state index in [1.807, 2.05) is 54.6 Å². The number of ether oxygens (including phenoxy) is 2. The average molecular weight is 645 g/mol. The number of aliphatic hydroxyl groups excluding tert-OH is 1. The number of nitrogens with zero attached hydrogens (tertiary/aromatic N) is 1. The van der Waals surface area contributed by atoms with E-state index in [0.29, 0.717) is 29.0 Å². The fraction of sp³-hybridized carbons (Fsp3) is 0.405. The monoisotopic (exact) mass is 644 g/mol. The van der Waals surface area contributed by atoms with Crippen LogP contribution in [-0.4, -0.2) is 41.1 Å². The molecule has 2 unspecified atom stereocenters. The number of benzene rings is 4. The van der Waals surface area contributed by atoms with Crippen molar-refractivity contribution in [3.8, 4) is 11.1 Å². The van der Waals surface area contributed by atoms with Crippen molar-refractivity contribution in [1.29, 1.82) is 0 Å². The van der Waals surface area contributed by atoms with Gasteiger partial charge in [-0.15, -0.1) is 0 Å². The number of amides is 1. The van der Waals surface area contributed by atoms with Crippen molar-refractivity contribution in [2.24, 2.45) is 10.8 Å². The molecule has 5 atom stereocenters. The van der Waals surface area contributed by atoms with Crippen LogP contribution in [0.25, 0.3) is 11.1 Å². The molecule has 2 saturated heterocycles. The highest BCUT2D eigenvalue weighted by molar-refractivity contribution is 5.94. The Kier molecular flexibility index (Phi) is 9.27. The molecule has 48 heavy (non-hydrogen) atoms. The fourth-order valence-corrected chi connectivity index (χ4v) is 8.73. The maximum atomic E-state index is 12.7. The first-order valence-electron chi connectivity index (χ1n) is 17.4. The lowest BCUT2D eigenvalue weighted by Gasteiger charge is -2.41. The van der Waals surface area contributed by atoms with Crippen LogP contribution in [0, 0.1) is 10.8 Å². The quantitative estimate of drug-likeness (QED) is 0.192. The molecule has 250 valence electrons. The Labute approximate surface area is 285 Å². The van der Waals surface area contributed by atoms with E-state index >= 15 is 0 Å². The predicted molar refractivity (Wildman–Crippen MR) is 189 cm³/mol. The van der Waals surface area contributed by atoms with Crippen LogP contribution in [0.4, 0.5) is 0 Å². The SMILES string of the molecule is CC1(C)CC2CC(C)(CN2C[C@@H]2C[C@H](c3ccc(CO)cc3)O[C@H](c3ccc(-c4ccccc4CNC(=O)c4ccccc4)cc3)O2)C1. The summed E-state index contributed by atoms with van der Waals surface area (Å²) in [5.41, 5.74) is 7.60. The van der Waals surface area contributed by atoms with E-state index in [1.165, 1.54) is 19.3 Å². The summed E-state index contributed by atoms with van der Waals surface area (Å²) in [6.45, 7) is 9.82. The highest BCUT2D eigenvalue weighted by atomic mass is 16.7. The molecule has 0 spiro atoms. The molecule has 1 amide bonds. The van der Waals surface area contributed by atoms with Gasteiger partial charge in [-0.1, -0.05) is 112 Å². The lowest BCUT2D eigenvalue weighted by molar-refractivity contribution is -0.253. The zero-order valence-corrected chi connectivity index (χ0v) is 28.4. The summed E-state index contributed by atoms with van der Waals surface area (Å²) in [7, 11) is 0. The van der Waals surface area contributed by atoms with Crippen LogP contribution in [0.5, 0.6) is 0 Å². The van der Waals surface area contributed by atoms with E-state index < -0.39 is 6.29 Å². The summed E-state index contributed by atoms with van der Waals surface area (Å²) in [5, 5.41) is 12.7. The van der Waals surface area contributed by atoms with Crippen molar-refractivity contribution >= 4 is 5.91 Å². The van der Waals surface area contributed by atoms with E-state index in [-0.39, 0.29) is 24.7 Å². The van der Waals surface area contributed by atoms with Gasteiger partial charge in [0.1, 0.15) is 0 Å². The molecule has 2 N–H and O–H groups in total. The first-order valence-corrected chi connectivity index (χ1v) is 17.4. The summed E-state index contributed by atoms with van der Waals surface area (Å²) < 4.78 is 13.5. The molecule has 2 aliphatic heterocycles. The first kappa shape index (κ1) is 32.7. The van der Waals surface area contributed by atoms with Gasteiger partial charge in [-0.2, -0.15) is 0 Å². The summed E-state index contributed by atoms with van der Waals surface area (Å²) in [4.78, 5) is 15.4. The Bertz CT molecular complexity index is 1700. The number of fused-ring (bicyclic) bond motifs is 2. The molecular weight excluding hydrogens is 596 g/mol. The van der Waals surface area contributed by atoms with Crippen molar-refractivity contribution in [2.45, 2.75) is 84.1 Å². The Morgan fingerprint density at radius 1 is 0.854 bits per heavy atom. The van der Waals surface area contributed by atoms with E-state index in [9.17, 15) is 9.90 Å². The largest absolute Gasteiger partial charge is 0.392 e. The standard InChI is InChI=1S/C42H48N2O4/c1-41(2)22-35-23-42(3,27-41)28-44(35)25-36-21-38(31-15-13-29(26-45)14-16-31)48-40(47-36)33-19-17-30(18-20-33)37-12-8-7-11-34(37)24-43-39(46)32-9-5-4-6-10-32/h4-20,35-36,38,40,45H,21-28H2,1-3H3,(H,43,46)/t35?,36-,38+,40+,42?/m0/s1. The highest BCUT2D eigenvalue weighted by Crippen LogP contribution is 2.53. The molecular formula is C42H48N2O4. The van der Waals surface area contributed by atoms with Gasteiger partial charge >= 0.3 is 0 Å². The van der Waals surface area contributed by atoms with E-state index in [2.05, 4.69) is 79.5 Å². The molecule has 4 aromatic carbocycles. The fourth-order valence-electron chi connectivity index (χ4n) is 8.73. The molecule has 2 bridgehead atoms. The Hall–Kier alpha value is -3.81. The van der Waals surface area contributed by atoms with E-state index in [1.54, 1.807) is 0 Å². The molecule has 0 aromatic heterocycles. The lowest BCUT2D eigenvalue weighted by Crippen LogP contribution is -2.42. The molecule has 2 heterocycles. The molecule has 4 aromatic rings. The van der Waals surface area contributed by atoms with Crippen LogP contribution in [0.1, 0.15) is 91.5 Å². The van der Waals surface area contributed by atoms with Gasteiger partial charge in [0, 0.05) is 43.2 Å². The van der Waals surface area contributed by atoms with Gasteiger partial charge in [-0.05, 0) is 70.0 Å². The minimum Gasteiger partial charge on any atom is -0.392 e. The normalized spacial score (nSPS) is 26.7. The van der Waals surface area contributed by atoms with Crippen LogP contribution in [0.2, 0.25) is 0 Å². The van der Waals surface area contributed by atoms with Crippen LogP contribution >= 0.6 is 0 Å². The maximum absolute atomic E-state index is 12.7. The number of hydrogen-bond acceptors (Lipinski definition) is 5. The molecule has 3 aliphatic rings. The van der Waals surface area contributed by atoms with Gasteiger partial charge in [0.15, 0.2) is 6.29 Å². The van der Waals surface area contributed by atoms with Crippen molar-refractivity contribution in [1.82, 2.24) is 10.2 Å². The molecule has 6 heteroatoms. The number of carbonyl (C=O) groups is 1. The minimum atomic E-state index is -0.491. The lowest BCUT2D eigenvalue weighted by atomic mass is 9.65. The van der Waals surface area contributed by atoms with Crippen molar-refractivity contribution < 1.29 is 19.4 Å². The predicted octanol–water partition coefficient (Wildman–Crippen LogP) is 8.22. The average Bonchev–Trinajstić information content (AvgIpc) is 3.34. The second kappa shape index (κ2) is 13.6. The molecule has 3 fully saturated rings. The van der Waals surface area contributed by atoms with Crippen molar-refractivity contribution in [3.63, 3.8) is 0 Å². The molecule has 1 saturated carbocycles. The van der Waals surface area contributed by atoms with Gasteiger partial charge < -0.3 is 19.9 Å². The minimum absolute atomic E-state index is 0.0283. The summed E-state index contributed by atoms with van der Waals surface area (Å²) in [6, 6.07) is 34.7. The van der Waals surface area contributed by atoms with Crippen LogP contribution < -0.4 is 5.32 Å². The number of carbonyl (C=O) groups excluding carboxylic acids is 1. The third-order valence-corrected chi connectivity index (χ3v) is 10.6. The van der Waals surface area contributed by atoms with E-state index in [0.717, 1.165) is 52.9 Å². The molecule has 7 rings (SSSR count). The van der Waals surface area contributed by atoms with Crippen molar-refractivity contribution in [3.05, 3.63) is 131 Å². The number of rotatable bonds is 9. The first-order chi connectivity index (χ1) is 23.2. The zero-order valence-electron chi connectivity index (χ0n) is 28.4. The summed E-state index contributed by atoms with van der Waals surface area (Å²) in [6.07, 6.45) is 4.01. The van der Waals surface area contributed by atoms with Crippen LogP contribution in [0.15, 0.2) is 103 Å². The van der Waals surface area contributed by atoms with Gasteiger partial charge in [0.05, 0.1) is 18.8 Å². The summed E-state index contributed by atoms with van der Waals surface area (Å²) in [5.74, 6) is -0.0855. The topological polar surface area (TPSA) is 71.0 Å². The molecule has 6 nitrogen and oxygen atoms in total. The number of aliphatic hydroxyl groups is 1. The van der Waals surface area contributed by atoms with Gasteiger partial charge in [0.2, 0.25) is 0 Å². The Morgan fingerprint density at radius 3 is 2.31 bits per heavy atom. The zero-order chi connectivity index (χ0) is 33.3. The van der Waals surface area contributed by atoms with Crippen LogP contribution in [-0.2, 0) is 22.6 Å². The van der Waals surface area contributed by atoms with E-state index in [4.69, 9.17) is 9.47 Å². The Balaban J connectivity index is 1.09. The van der Waals surface area contributed by atoms with Crippen molar-refractivity contribution in [2.75, 3.05) is 13.1 Å². The number of hydrogen-bond donors (Lipinski definition) is 2. The third kappa shape index (κ3) is 7.28. The molecule has 1 aliphatic carbocycles. The third-order valence-electron chi connectivity index (χ3n) is 10.6. The van der Waals surface area contributed by atoms with Gasteiger partial charge in [-0.3, -0.25) is 9.69 Å². The second-order valence-corrected chi connectivity index (χ2v) is 15.3. The molecule has 0 radical (unpaired) electrons. The van der Waals surface area contributed by atoms with Gasteiger partial charge in [0.25, 0.3) is 5.91 Å². The maximum Gasteiger partial charge on any atom is 0.251 e. The smallest absolute Gasteiger partial charge is 0.251 e. The second-order valence-electron chi connectivity index (χ2n) is 15.3. The number of nitrogens with one attached hydrogen (secondary N) is 1. The number of likely N-dealkylation sites (tertiary alicyclic amines) is 1. The van der Waals surface area contributed by atoms with Crippen LogP contribution in [0.3, 0.4) is 0 Å². The highest BCUT2D eigenvalue weighted by Gasteiger charge is 2.50. The Morgan fingerprint density at radius 2 is 1.56 bits per heavy atom. The van der Waals surface area contributed by atoms with Gasteiger partial charge in [-0.25, -0.2) is 0 Å². The summed E-state index contributed by atoms with van der Waals surface area (Å²) >= 11 is 0.